The van der Waals surface area contributed by atoms with E-state index in [1.165, 1.54) is 0 Å². The summed E-state index contributed by atoms with van der Waals surface area (Å²) < 4.78 is 0. The number of hydrogen-bond acceptors (Lipinski definition) is 5. The molecule has 2 N–H and O–H groups in total. The van der Waals surface area contributed by atoms with E-state index in [4.69, 9.17) is 0 Å². The zero-order valence-electron chi connectivity index (χ0n) is 14.2. The smallest absolute Gasteiger partial charge is 0.227 e. The molecule has 0 bridgehead atoms. The van der Waals surface area contributed by atoms with Gasteiger partial charge in [-0.05, 0) is 27.7 Å². The minimum absolute atomic E-state index is 0.0599. The minimum Gasteiger partial charge on any atom is -0.344 e. The van der Waals surface area contributed by atoms with Crippen molar-refractivity contribution in [1.29, 1.82) is 0 Å². The van der Waals surface area contributed by atoms with Crippen LogP contribution in [0, 0.1) is 19.8 Å². The van der Waals surface area contributed by atoms with E-state index in [9.17, 15) is 9.59 Å². The van der Waals surface area contributed by atoms with Gasteiger partial charge in [0.2, 0.25) is 11.8 Å². The van der Waals surface area contributed by atoms with Crippen molar-refractivity contribution in [3.05, 3.63) is 28.0 Å². The molecule has 1 fully saturated rings. The van der Waals surface area contributed by atoms with Gasteiger partial charge in [-0.25, -0.2) is 4.98 Å². The molecule has 0 saturated carbocycles. The molecule has 2 aromatic rings. The number of carbonyl (C=O) groups is 2. The Labute approximate surface area is 144 Å². The number of hydrogen-bond donors (Lipinski definition) is 2. The van der Waals surface area contributed by atoms with Gasteiger partial charge in [0, 0.05) is 24.0 Å². The molecular formula is C16H21N5O2S. The first-order valence-electron chi connectivity index (χ1n) is 7.83. The van der Waals surface area contributed by atoms with Gasteiger partial charge in [0.05, 0.1) is 29.0 Å². The quantitative estimate of drug-likeness (QED) is 0.883. The third kappa shape index (κ3) is 3.06. The normalized spacial score (nSPS) is 18.2. The Morgan fingerprint density at radius 1 is 1.46 bits per heavy atom. The lowest BCUT2D eigenvalue weighted by molar-refractivity contribution is -0.127. The Kier molecular flexibility index (Phi) is 4.16. The van der Waals surface area contributed by atoms with E-state index < -0.39 is 5.54 Å². The topological polar surface area (TPSA) is 91.0 Å². The molecule has 2 amide bonds. The van der Waals surface area contributed by atoms with E-state index >= 15 is 0 Å². The van der Waals surface area contributed by atoms with Crippen molar-refractivity contribution >= 4 is 28.8 Å². The van der Waals surface area contributed by atoms with Gasteiger partial charge in [-0.1, -0.05) is 0 Å². The maximum Gasteiger partial charge on any atom is 0.227 e. The second-order valence-electron chi connectivity index (χ2n) is 6.64. The van der Waals surface area contributed by atoms with Gasteiger partial charge in [0.1, 0.15) is 5.01 Å². The number of amides is 2. The highest BCUT2D eigenvalue weighted by Gasteiger charge is 2.38. The lowest BCUT2D eigenvalue weighted by atomic mass is 10.0. The number of thiazole rings is 1. The van der Waals surface area contributed by atoms with Gasteiger partial charge < -0.3 is 10.2 Å². The van der Waals surface area contributed by atoms with Gasteiger partial charge in [0.25, 0.3) is 0 Å². The van der Waals surface area contributed by atoms with Crippen molar-refractivity contribution < 1.29 is 9.59 Å². The second-order valence-corrected chi connectivity index (χ2v) is 7.84. The summed E-state index contributed by atoms with van der Waals surface area (Å²) in [5.41, 5.74) is 1.12. The summed E-state index contributed by atoms with van der Waals surface area (Å²) in [7, 11) is 0. The molecule has 1 saturated heterocycles. The van der Waals surface area contributed by atoms with E-state index in [2.05, 4.69) is 20.5 Å². The van der Waals surface area contributed by atoms with Crippen LogP contribution in [0.1, 0.15) is 35.8 Å². The molecule has 2 aromatic heterocycles. The van der Waals surface area contributed by atoms with E-state index in [1.54, 1.807) is 28.6 Å². The Morgan fingerprint density at radius 3 is 2.79 bits per heavy atom. The standard InChI is InChI=1S/C16H21N5O2S/c1-9-10(2)24-15(19-9)16(3,4)20-14(23)11-5-13(22)21(8-11)12-6-17-18-7-12/h6-7,11H,5,8H2,1-4H3,(H,17,18)(H,20,23). The number of rotatable bonds is 4. The molecule has 3 rings (SSSR count). The fraction of sp³-hybridized carbons (Fsp3) is 0.500. The van der Waals surface area contributed by atoms with Gasteiger partial charge in [0.15, 0.2) is 0 Å². The summed E-state index contributed by atoms with van der Waals surface area (Å²) in [5, 5.41) is 10.5. The van der Waals surface area contributed by atoms with Gasteiger partial charge in [-0.2, -0.15) is 5.10 Å². The summed E-state index contributed by atoms with van der Waals surface area (Å²) in [5.74, 6) is -0.547. The second kappa shape index (κ2) is 6.01. The Bertz CT molecular complexity index is 746. The molecule has 1 aliphatic rings. The van der Waals surface area contributed by atoms with Crippen molar-refractivity contribution in [2.75, 3.05) is 11.4 Å². The van der Waals surface area contributed by atoms with Crippen molar-refractivity contribution in [1.82, 2.24) is 20.5 Å². The van der Waals surface area contributed by atoms with Crippen LogP contribution in [0.5, 0.6) is 0 Å². The fourth-order valence-electron chi connectivity index (χ4n) is 2.73. The molecule has 0 aliphatic carbocycles. The Morgan fingerprint density at radius 2 is 2.21 bits per heavy atom. The number of H-pyrrole nitrogens is 1. The molecule has 128 valence electrons. The van der Waals surface area contributed by atoms with Crippen LogP contribution in [0.4, 0.5) is 5.69 Å². The van der Waals surface area contributed by atoms with Gasteiger partial charge in [-0.15, -0.1) is 11.3 Å². The molecule has 0 spiro atoms. The van der Waals surface area contributed by atoms with Crippen LogP contribution in [-0.2, 0) is 15.1 Å². The van der Waals surface area contributed by atoms with Crippen molar-refractivity contribution in [3.8, 4) is 0 Å². The van der Waals surface area contributed by atoms with Gasteiger partial charge in [-0.3, -0.25) is 14.7 Å². The van der Waals surface area contributed by atoms with Crippen LogP contribution in [-0.4, -0.2) is 33.5 Å². The highest BCUT2D eigenvalue weighted by molar-refractivity contribution is 7.11. The average molecular weight is 347 g/mol. The molecule has 24 heavy (non-hydrogen) atoms. The number of aromatic amines is 1. The summed E-state index contributed by atoms with van der Waals surface area (Å²) in [6, 6.07) is 0. The Hall–Kier alpha value is -2.22. The molecule has 3 heterocycles. The van der Waals surface area contributed by atoms with E-state index in [-0.39, 0.29) is 24.2 Å². The predicted octanol–water partition coefficient (Wildman–Crippen LogP) is 1.89. The molecular weight excluding hydrogens is 326 g/mol. The Balaban J connectivity index is 1.70. The molecule has 0 aromatic carbocycles. The van der Waals surface area contributed by atoms with E-state index in [0.29, 0.717) is 12.2 Å². The molecule has 7 nitrogen and oxygen atoms in total. The molecule has 1 aliphatic heterocycles. The monoisotopic (exact) mass is 347 g/mol. The number of aromatic nitrogens is 3. The zero-order valence-corrected chi connectivity index (χ0v) is 15.0. The fourth-order valence-corrected chi connectivity index (χ4v) is 3.70. The van der Waals surface area contributed by atoms with Crippen molar-refractivity contribution in [2.45, 2.75) is 39.7 Å². The number of aryl methyl sites for hydroxylation is 2. The van der Waals surface area contributed by atoms with Crippen LogP contribution in [0.3, 0.4) is 0 Å². The summed E-state index contributed by atoms with van der Waals surface area (Å²) in [4.78, 5) is 32.1. The van der Waals surface area contributed by atoms with E-state index in [1.807, 2.05) is 27.7 Å². The minimum atomic E-state index is -0.563. The lowest BCUT2D eigenvalue weighted by Gasteiger charge is -2.25. The first-order chi connectivity index (χ1) is 11.3. The summed E-state index contributed by atoms with van der Waals surface area (Å²) >= 11 is 1.59. The molecule has 1 atom stereocenters. The SMILES string of the molecule is Cc1nc(C(C)(C)NC(=O)C2CC(=O)N(c3cn[nH]c3)C2)sc1C. The first kappa shape index (κ1) is 16.6. The number of carbonyl (C=O) groups excluding carboxylic acids is 2. The van der Waals surface area contributed by atoms with Crippen LogP contribution in [0.25, 0.3) is 0 Å². The molecule has 8 heteroatoms. The number of anilines is 1. The number of nitrogens with zero attached hydrogens (tertiary/aromatic N) is 3. The summed E-state index contributed by atoms with van der Waals surface area (Å²) in [6.45, 7) is 8.23. The first-order valence-corrected chi connectivity index (χ1v) is 8.65. The third-order valence-corrected chi connectivity index (χ3v) is 5.69. The number of nitrogens with one attached hydrogen (secondary N) is 2. The van der Waals surface area contributed by atoms with Crippen LogP contribution in [0.15, 0.2) is 12.4 Å². The zero-order chi connectivity index (χ0) is 17.5. The highest BCUT2D eigenvalue weighted by atomic mass is 32.1. The van der Waals surface area contributed by atoms with Crippen LogP contribution in [0.2, 0.25) is 0 Å². The lowest BCUT2D eigenvalue weighted by Crippen LogP contribution is -2.44. The summed E-state index contributed by atoms with van der Waals surface area (Å²) in [6.07, 6.45) is 3.45. The highest BCUT2D eigenvalue weighted by Crippen LogP contribution is 2.29. The predicted molar refractivity (Wildman–Crippen MR) is 91.8 cm³/mol. The molecule has 1 unspecified atom stereocenters. The maximum atomic E-state index is 12.7. The largest absolute Gasteiger partial charge is 0.344 e. The van der Waals surface area contributed by atoms with E-state index in [0.717, 1.165) is 15.6 Å². The molecule has 0 radical (unpaired) electrons. The maximum absolute atomic E-state index is 12.7. The van der Waals surface area contributed by atoms with Gasteiger partial charge >= 0.3 is 0 Å². The average Bonchev–Trinajstić information content (AvgIpc) is 3.20. The third-order valence-electron chi connectivity index (χ3n) is 4.29. The van der Waals surface area contributed by atoms with Crippen LogP contribution >= 0.6 is 11.3 Å². The van der Waals surface area contributed by atoms with Crippen LogP contribution < -0.4 is 10.2 Å². The van der Waals surface area contributed by atoms with Crippen molar-refractivity contribution in [2.24, 2.45) is 5.92 Å². The van der Waals surface area contributed by atoms with Crippen molar-refractivity contribution in [3.63, 3.8) is 0 Å².